The second-order valence-corrected chi connectivity index (χ2v) is 7.65. The maximum atomic E-state index is 5.75. The van der Waals surface area contributed by atoms with E-state index in [2.05, 4.69) is 46.8 Å². The summed E-state index contributed by atoms with van der Waals surface area (Å²) >= 11 is 0. The molecule has 2 nitrogen and oxygen atoms in total. The van der Waals surface area contributed by atoms with Gasteiger partial charge in [0.2, 0.25) is 0 Å². The van der Waals surface area contributed by atoms with Gasteiger partial charge in [-0.1, -0.05) is 43.6 Å². The van der Waals surface area contributed by atoms with Crippen molar-refractivity contribution in [3.05, 3.63) is 23.3 Å². The highest BCUT2D eigenvalue weighted by molar-refractivity contribution is 5.03. The van der Waals surface area contributed by atoms with Crippen molar-refractivity contribution in [1.29, 1.82) is 0 Å². The monoisotopic (exact) mass is 322 g/mol. The molecule has 0 saturated carbocycles. The quantitative estimate of drug-likeness (QED) is 0.432. The van der Waals surface area contributed by atoms with Crippen molar-refractivity contribution < 1.29 is 9.47 Å². The fourth-order valence-corrected chi connectivity index (χ4v) is 2.94. The van der Waals surface area contributed by atoms with E-state index in [9.17, 15) is 0 Å². The molecule has 2 heteroatoms. The average molecular weight is 323 g/mol. The van der Waals surface area contributed by atoms with Crippen LogP contribution in [0.4, 0.5) is 0 Å². The number of ether oxygens (including phenoxy) is 2. The summed E-state index contributed by atoms with van der Waals surface area (Å²) in [5.41, 5.74) is 3.03. The Bertz CT molecular complexity index is 373. The van der Waals surface area contributed by atoms with Crippen LogP contribution in [-0.4, -0.2) is 19.0 Å². The van der Waals surface area contributed by atoms with Crippen LogP contribution < -0.4 is 0 Å². The van der Waals surface area contributed by atoms with Gasteiger partial charge >= 0.3 is 0 Å². The Morgan fingerprint density at radius 3 is 2.26 bits per heavy atom. The summed E-state index contributed by atoms with van der Waals surface area (Å²) in [5, 5.41) is 0. The van der Waals surface area contributed by atoms with Gasteiger partial charge in [0.1, 0.15) is 0 Å². The zero-order valence-electron chi connectivity index (χ0n) is 16.1. The van der Waals surface area contributed by atoms with E-state index >= 15 is 0 Å². The lowest BCUT2D eigenvalue weighted by Gasteiger charge is -2.33. The molecular weight excluding hydrogens is 284 g/mol. The van der Waals surface area contributed by atoms with E-state index in [0.717, 1.165) is 38.4 Å². The minimum Gasteiger partial charge on any atom is -0.350 e. The number of allylic oxidation sites excluding steroid dienone is 4. The Labute approximate surface area is 144 Å². The van der Waals surface area contributed by atoms with Gasteiger partial charge in [0.05, 0.1) is 13.2 Å². The normalized spacial score (nSPS) is 19.4. The Balaban J connectivity index is 2.18. The zero-order chi connectivity index (χ0) is 17.1. The number of hydrogen-bond donors (Lipinski definition) is 0. The van der Waals surface area contributed by atoms with E-state index < -0.39 is 0 Å². The standard InChI is InChI=1S/C21H38O2/c1-18(2)10-6-11-19(3)12-7-13-20(4)14-8-15-21(5)22-16-9-17-23-21/h12,14,18H,6-11,13,15-17H2,1-5H3/b19-12+,20-14+. The van der Waals surface area contributed by atoms with Crippen LogP contribution in [0.15, 0.2) is 23.3 Å². The molecule has 0 N–H and O–H groups in total. The van der Waals surface area contributed by atoms with Gasteiger partial charge in [-0.05, 0) is 65.2 Å². The number of hydrogen-bond acceptors (Lipinski definition) is 2. The van der Waals surface area contributed by atoms with Crippen LogP contribution in [-0.2, 0) is 9.47 Å². The molecule has 0 aromatic rings. The van der Waals surface area contributed by atoms with Crippen molar-refractivity contribution in [1.82, 2.24) is 0 Å². The Morgan fingerprint density at radius 1 is 1.00 bits per heavy atom. The predicted molar refractivity (Wildman–Crippen MR) is 99.6 cm³/mol. The molecule has 134 valence electrons. The van der Waals surface area contributed by atoms with E-state index in [0.29, 0.717) is 0 Å². The van der Waals surface area contributed by atoms with Crippen molar-refractivity contribution in [2.75, 3.05) is 13.2 Å². The SMILES string of the molecule is C/C(=C\CCC1(C)OCCCO1)CC/C=C(\C)CCCC(C)C. The Hall–Kier alpha value is -0.600. The molecule has 0 aromatic carbocycles. The topological polar surface area (TPSA) is 18.5 Å². The van der Waals surface area contributed by atoms with Crippen LogP contribution in [0.3, 0.4) is 0 Å². The molecule has 1 fully saturated rings. The van der Waals surface area contributed by atoms with Gasteiger partial charge in [0.15, 0.2) is 5.79 Å². The highest BCUT2D eigenvalue weighted by Crippen LogP contribution is 2.24. The molecular formula is C21H38O2. The zero-order valence-corrected chi connectivity index (χ0v) is 16.1. The first kappa shape index (κ1) is 20.4. The van der Waals surface area contributed by atoms with Crippen LogP contribution in [0.25, 0.3) is 0 Å². The van der Waals surface area contributed by atoms with E-state index in [1.165, 1.54) is 37.7 Å². The minimum atomic E-state index is -0.359. The lowest BCUT2D eigenvalue weighted by Crippen LogP contribution is -2.37. The van der Waals surface area contributed by atoms with E-state index in [4.69, 9.17) is 9.47 Å². The molecule has 0 radical (unpaired) electrons. The third-order valence-electron chi connectivity index (χ3n) is 4.58. The van der Waals surface area contributed by atoms with Gasteiger partial charge < -0.3 is 9.47 Å². The fourth-order valence-electron chi connectivity index (χ4n) is 2.94. The molecule has 1 aliphatic rings. The molecule has 1 heterocycles. The maximum absolute atomic E-state index is 5.75. The summed E-state index contributed by atoms with van der Waals surface area (Å²) in [6.45, 7) is 12.9. The van der Waals surface area contributed by atoms with Crippen LogP contribution in [0.5, 0.6) is 0 Å². The highest BCUT2D eigenvalue weighted by Gasteiger charge is 2.27. The van der Waals surface area contributed by atoms with Crippen molar-refractivity contribution in [3.63, 3.8) is 0 Å². The van der Waals surface area contributed by atoms with Crippen molar-refractivity contribution in [3.8, 4) is 0 Å². The molecule has 0 aromatic heterocycles. The van der Waals surface area contributed by atoms with Gasteiger partial charge in [-0.25, -0.2) is 0 Å². The van der Waals surface area contributed by atoms with Crippen LogP contribution >= 0.6 is 0 Å². The summed E-state index contributed by atoms with van der Waals surface area (Å²) < 4.78 is 11.5. The summed E-state index contributed by atoms with van der Waals surface area (Å²) in [4.78, 5) is 0. The summed E-state index contributed by atoms with van der Waals surface area (Å²) in [6, 6.07) is 0. The van der Waals surface area contributed by atoms with Crippen molar-refractivity contribution in [2.45, 2.75) is 91.8 Å². The first-order valence-electron chi connectivity index (χ1n) is 9.50. The maximum Gasteiger partial charge on any atom is 0.165 e. The van der Waals surface area contributed by atoms with Gasteiger partial charge in [-0.15, -0.1) is 0 Å². The average Bonchev–Trinajstić information content (AvgIpc) is 2.47. The lowest BCUT2D eigenvalue weighted by atomic mass is 10.0. The molecule has 0 amide bonds. The van der Waals surface area contributed by atoms with Crippen LogP contribution in [0.1, 0.15) is 86.0 Å². The van der Waals surface area contributed by atoms with Gasteiger partial charge in [0, 0.05) is 6.42 Å². The molecule has 0 spiro atoms. The van der Waals surface area contributed by atoms with Crippen LogP contribution in [0, 0.1) is 5.92 Å². The fraction of sp³-hybridized carbons (Fsp3) is 0.810. The third kappa shape index (κ3) is 9.99. The number of rotatable bonds is 10. The van der Waals surface area contributed by atoms with E-state index in [-0.39, 0.29) is 5.79 Å². The largest absolute Gasteiger partial charge is 0.350 e. The first-order chi connectivity index (χ1) is 10.9. The first-order valence-corrected chi connectivity index (χ1v) is 9.50. The summed E-state index contributed by atoms with van der Waals surface area (Å²) in [6.07, 6.45) is 14.1. The van der Waals surface area contributed by atoms with Crippen molar-refractivity contribution in [2.24, 2.45) is 5.92 Å². The van der Waals surface area contributed by atoms with E-state index in [1.54, 1.807) is 5.57 Å². The van der Waals surface area contributed by atoms with Gasteiger partial charge in [-0.2, -0.15) is 0 Å². The van der Waals surface area contributed by atoms with Gasteiger partial charge in [0.25, 0.3) is 0 Å². The molecule has 0 unspecified atom stereocenters. The molecule has 1 rings (SSSR count). The molecule has 0 bridgehead atoms. The van der Waals surface area contributed by atoms with Crippen LogP contribution in [0.2, 0.25) is 0 Å². The lowest BCUT2D eigenvalue weighted by molar-refractivity contribution is -0.258. The Morgan fingerprint density at radius 2 is 1.61 bits per heavy atom. The summed E-state index contributed by atoms with van der Waals surface area (Å²) in [7, 11) is 0. The third-order valence-corrected chi connectivity index (χ3v) is 4.58. The smallest absolute Gasteiger partial charge is 0.165 e. The molecule has 23 heavy (non-hydrogen) atoms. The molecule has 1 aliphatic heterocycles. The molecule has 1 saturated heterocycles. The molecule has 0 aliphatic carbocycles. The Kier molecular flexibility index (Phi) is 9.81. The predicted octanol–water partition coefficient (Wildman–Crippen LogP) is 6.42. The van der Waals surface area contributed by atoms with E-state index in [1.807, 2.05) is 0 Å². The second-order valence-electron chi connectivity index (χ2n) is 7.65. The minimum absolute atomic E-state index is 0.359. The van der Waals surface area contributed by atoms with Crippen molar-refractivity contribution >= 4 is 0 Å². The second kappa shape index (κ2) is 11.0. The van der Waals surface area contributed by atoms with Gasteiger partial charge in [-0.3, -0.25) is 0 Å². The molecule has 0 atom stereocenters. The summed E-state index contributed by atoms with van der Waals surface area (Å²) in [5.74, 6) is 0.467. The highest BCUT2D eigenvalue weighted by atomic mass is 16.7.